The summed E-state index contributed by atoms with van der Waals surface area (Å²) in [6.07, 6.45) is 0. The molecule has 0 saturated heterocycles. The van der Waals surface area contributed by atoms with Crippen LogP contribution in [0.3, 0.4) is 0 Å². The summed E-state index contributed by atoms with van der Waals surface area (Å²) in [5, 5.41) is 9.18. The predicted octanol–water partition coefficient (Wildman–Crippen LogP) is 2.76. The second kappa shape index (κ2) is 6.30. The Morgan fingerprint density at radius 1 is 1.00 bits per heavy atom. The van der Waals surface area contributed by atoms with Gasteiger partial charge < -0.3 is 14.7 Å². The first-order valence-electron chi connectivity index (χ1n) is 6.67. The van der Waals surface area contributed by atoms with Gasteiger partial charge in [-0.05, 0) is 41.5 Å². The third-order valence-corrected chi connectivity index (χ3v) is 3.24. The summed E-state index contributed by atoms with van der Waals surface area (Å²) in [6.45, 7) is 0. The summed E-state index contributed by atoms with van der Waals surface area (Å²) >= 11 is 0. The van der Waals surface area contributed by atoms with Gasteiger partial charge in [0.15, 0.2) is 0 Å². The van der Waals surface area contributed by atoms with Crippen LogP contribution in [0.5, 0.6) is 5.75 Å². The first-order valence-corrected chi connectivity index (χ1v) is 6.67. The number of nitrogens with zero attached hydrogens (tertiary/aromatic N) is 1. The number of aromatic carboxylic acids is 1. The van der Waals surface area contributed by atoms with Gasteiger partial charge >= 0.3 is 5.97 Å². The molecule has 5 nitrogen and oxygen atoms in total. The van der Waals surface area contributed by atoms with Crippen LogP contribution < -0.4 is 4.74 Å². The van der Waals surface area contributed by atoms with Crippen molar-refractivity contribution in [2.24, 2.45) is 0 Å². The van der Waals surface area contributed by atoms with E-state index >= 15 is 0 Å². The van der Waals surface area contributed by atoms with Crippen molar-refractivity contribution < 1.29 is 19.4 Å². The van der Waals surface area contributed by atoms with Gasteiger partial charge in [0.1, 0.15) is 5.75 Å². The van der Waals surface area contributed by atoms with Crippen LogP contribution in [0.4, 0.5) is 0 Å². The maximum absolute atomic E-state index is 12.0. The van der Waals surface area contributed by atoms with E-state index in [4.69, 9.17) is 4.74 Å². The number of hydrogen-bond acceptors (Lipinski definition) is 3. The average Bonchev–Trinajstić information content (AvgIpc) is 2.53. The Balaban J connectivity index is 2.52. The SMILES string of the molecule is COc1cc(C(=O)O)cc(-c2cccc(C(=O)N(C)C)c2)c1. The first-order chi connectivity index (χ1) is 10.4. The molecule has 0 unspecified atom stereocenters. The molecule has 0 bridgehead atoms. The van der Waals surface area contributed by atoms with Gasteiger partial charge in [0.25, 0.3) is 5.91 Å². The molecule has 0 fully saturated rings. The number of ether oxygens (including phenoxy) is 1. The molecule has 22 heavy (non-hydrogen) atoms. The molecule has 5 heteroatoms. The Hall–Kier alpha value is -2.82. The highest BCUT2D eigenvalue weighted by atomic mass is 16.5. The summed E-state index contributed by atoms with van der Waals surface area (Å²) in [4.78, 5) is 24.7. The van der Waals surface area contributed by atoms with E-state index in [9.17, 15) is 14.7 Å². The van der Waals surface area contributed by atoms with E-state index in [1.54, 1.807) is 44.4 Å². The maximum atomic E-state index is 12.0. The van der Waals surface area contributed by atoms with Crippen LogP contribution in [0.15, 0.2) is 42.5 Å². The van der Waals surface area contributed by atoms with E-state index < -0.39 is 5.97 Å². The summed E-state index contributed by atoms with van der Waals surface area (Å²) in [5.74, 6) is -0.678. The topological polar surface area (TPSA) is 66.8 Å². The molecule has 2 rings (SSSR count). The minimum atomic E-state index is -1.03. The molecular formula is C17H17NO4. The second-order valence-corrected chi connectivity index (χ2v) is 5.04. The summed E-state index contributed by atoms with van der Waals surface area (Å²) in [6, 6.07) is 11.8. The number of amides is 1. The van der Waals surface area contributed by atoms with Crippen LogP contribution in [0, 0.1) is 0 Å². The van der Waals surface area contributed by atoms with E-state index in [1.807, 2.05) is 6.07 Å². The standard InChI is InChI=1S/C17H17NO4/c1-18(2)16(19)12-6-4-5-11(7-12)13-8-14(17(20)21)10-15(9-13)22-3/h4-10H,1-3H3,(H,20,21). The zero-order chi connectivity index (χ0) is 16.3. The predicted molar refractivity (Wildman–Crippen MR) is 83.4 cm³/mol. The van der Waals surface area contributed by atoms with Crippen LogP contribution in [0.1, 0.15) is 20.7 Å². The van der Waals surface area contributed by atoms with Crippen molar-refractivity contribution >= 4 is 11.9 Å². The average molecular weight is 299 g/mol. The Morgan fingerprint density at radius 3 is 2.27 bits per heavy atom. The Labute approximate surface area is 128 Å². The van der Waals surface area contributed by atoms with Gasteiger partial charge in [0.05, 0.1) is 12.7 Å². The number of methoxy groups -OCH3 is 1. The molecule has 0 saturated carbocycles. The highest BCUT2D eigenvalue weighted by Crippen LogP contribution is 2.27. The summed E-state index contributed by atoms with van der Waals surface area (Å²) < 4.78 is 5.14. The zero-order valence-corrected chi connectivity index (χ0v) is 12.7. The van der Waals surface area contributed by atoms with E-state index in [0.717, 1.165) is 5.56 Å². The Kier molecular flexibility index (Phi) is 4.46. The Morgan fingerprint density at radius 2 is 1.68 bits per heavy atom. The van der Waals surface area contributed by atoms with Crippen molar-refractivity contribution in [2.75, 3.05) is 21.2 Å². The quantitative estimate of drug-likeness (QED) is 0.942. The molecule has 1 N–H and O–H groups in total. The van der Waals surface area contributed by atoms with Gasteiger partial charge in [0, 0.05) is 19.7 Å². The fraction of sp³-hybridized carbons (Fsp3) is 0.176. The molecule has 2 aromatic carbocycles. The molecule has 0 atom stereocenters. The molecule has 0 heterocycles. The maximum Gasteiger partial charge on any atom is 0.335 e. The lowest BCUT2D eigenvalue weighted by Gasteiger charge is -2.12. The van der Waals surface area contributed by atoms with Crippen molar-refractivity contribution in [2.45, 2.75) is 0 Å². The number of carboxylic acids is 1. The largest absolute Gasteiger partial charge is 0.497 e. The summed E-state index contributed by atoms with van der Waals surface area (Å²) in [7, 11) is 4.85. The van der Waals surface area contributed by atoms with Crippen molar-refractivity contribution in [1.29, 1.82) is 0 Å². The van der Waals surface area contributed by atoms with Crippen LogP contribution >= 0.6 is 0 Å². The molecule has 0 aliphatic carbocycles. The number of benzene rings is 2. The van der Waals surface area contributed by atoms with E-state index in [-0.39, 0.29) is 11.5 Å². The van der Waals surface area contributed by atoms with Crippen LogP contribution in [0.25, 0.3) is 11.1 Å². The third kappa shape index (κ3) is 3.25. The van der Waals surface area contributed by atoms with Crippen molar-refractivity contribution in [3.63, 3.8) is 0 Å². The number of hydrogen-bond donors (Lipinski definition) is 1. The van der Waals surface area contributed by atoms with Crippen LogP contribution in [-0.2, 0) is 0 Å². The second-order valence-electron chi connectivity index (χ2n) is 5.04. The van der Waals surface area contributed by atoms with Gasteiger partial charge in [-0.25, -0.2) is 4.79 Å². The third-order valence-electron chi connectivity index (χ3n) is 3.24. The molecule has 0 aliphatic rings. The molecule has 0 radical (unpaired) electrons. The molecule has 0 spiro atoms. The zero-order valence-electron chi connectivity index (χ0n) is 12.7. The lowest BCUT2D eigenvalue weighted by atomic mass is 10.00. The monoisotopic (exact) mass is 299 g/mol. The smallest absolute Gasteiger partial charge is 0.335 e. The molecular weight excluding hydrogens is 282 g/mol. The normalized spacial score (nSPS) is 10.1. The van der Waals surface area contributed by atoms with Gasteiger partial charge in [0.2, 0.25) is 0 Å². The fourth-order valence-corrected chi connectivity index (χ4v) is 2.10. The van der Waals surface area contributed by atoms with E-state index in [1.165, 1.54) is 18.1 Å². The van der Waals surface area contributed by atoms with Crippen LogP contribution in [0.2, 0.25) is 0 Å². The summed E-state index contributed by atoms with van der Waals surface area (Å²) in [5.41, 5.74) is 2.13. The molecule has 1 amide bonds. The van der Waals surface area contributed by atoms with Gasteiger partial charge in [-0.2, -0.15) is 0 Å². The molecule has 2 aromatic rings. The van der Waals surface area contributed by atoms with Crippen molar-refractivity contribution in [3.05, 3.63) is 53.6 Å². The minimum absolute atomic E-state index is 0.108. The molecule has 0 aromatic heterocycles. The minimum Gasteiger partial charge on any atom is -0.497 e. The number of rotatable bonds is 4. The van der Waals surface area contributed by atoms with Gasteiger partial charge in [-0.1, -0.05) is 12.1 Å². The van der Waals surface area contributed by atoms with Gasteiger partial charge in [-0.3, -0.25) is 4.79 Å². The number of carboxylic acid groups (broad SMARTS) is 1. The molecule has 0 aliphatic heterocycles. The van der Waals surface area contributed by atoms with Crippen molar-refractivity contribution in [3.8, 4) is 16.9 Å². The van der Waals surface area contributed by atoms with E-state index in [0.29, 0.717) is 16.9 Å². The van der Waals surface area contributed by atoms with Crippen molar-refractivity contribution in [1.82, 2.24) is 4.90 Å². The highest BCUT2D eigenvalue weighted by Gasteiger charge is 2.12. The highest BCUT2D eigenvalue weighted by molar-refractivity contribution is 5.95. The number of carbonyl (C=O) groups excluding carboxylic acids is 1. The number of carbonyl (C=O) groups is 2. The lowest BCUT2D eigenvalue weighted by molar-refractivity contribution is 0.0696. The Bertz CT molecular complexity index is 722. The van der Waals surface area contributed by atoms with Crippen LogP contribution in [-0.4, -0.2) is 43.1 Å². The first kappa shape index (κ1) is 15.6. The lowest BCUT2D eigenvalue weighted by Crippen LogP contribution is -2.21. The van der Waals surface area contributed by atoms with E-state index in [2.05, 4.69) is 0 Å². The molecule has 114 valence electrons. The fourth-order valence-electron chi connectivity index (χ4n) is 2.10. The van der Waals surface area contributed by atoms with Gasteiger partial charge in [-0.15, -0.1) is 0 Å².